The molecular weight excluding hydrogens is 320 g/mol. The number of halogens is 1. The van der Waals surface area contributed by atoms with Crippen molar-refractivity contribution in [2.45, 2.75) is 5.03 Å². The van der Waals surface area contributed by atoms with E-state index in [2.05, 4.69) is 9.97 Å². The van der Waals surface area contributed by atoms with Gasteiger partial charge in [0.15, 0.2) is 15.1 Å². The van der Waals surface area contributed by atoms with Crippen LogP contribution in [0.1, 0.15) is 0 Å². The minimum Gasteiger partial charge on any atom is -0.278 e. The van der Waals surface area contributed by atoms with Crippen LogP contribution in [0, 0.1) is 0 Å². The van der Waals surface area contributed by atoms with Gasteiger partial charge in [-0.3, -0.25) is 13.7 Å². The van der Waals surface area contributed by atoms with E-state index in [4.69, 9.17) is 11.6 Å². The van der Waals surface area contributed by atoms with Gasteiger partial charge in [-0.1, -0.05) is 11.6 Å². The van der Waals surface area contributed by atoms with Crippen LogP contribution in [0.25, 0.3) is 4.96 Å². The van der Waals surface area contributed by atoms with E-state index in [0.717, 1.165) is 4.31 Å². The van der Waals surface area contributed by atoms with Gasteiger partial charge in [0.1, 0.15) is 0 Å². The summed E-state index contributed by atoms with van der Waals surface area (Å²) in [7, 11) is -2.35. The van der Waals surface area contributed by atoms with E-state index in [1.54, 1.807) is 29.9 Å². The van der Waals surface area contributed by atoms with Gasteiger partial charge in [0, 0.05) is 24.8 Å². The summed E-state index contributed by atoms with van der Waals surface area (Å²) in [5, 5.41) is 1.68. The van der Waals surface area contributed by atoms with E-state index in [0.29, 0.717) is 10.6 Å². The summed E-state index contributed by atoms with van der Waals surface area (Å²) < 4.78 is 28.0. The minimum absolute atomic E-state index is 0.0346. The SMILES string of the molecule is CN(c1cccnc1)S(=O)(=O)c1c(Cl)nc2sccn12. The number of aromatic nitrogens is 3. The van der Waals surface area contributed by atoms with Gasteiger partial charge >= 0.3 is 0 Å². The third-order valence-electron chi connectivity index (χ3n) is 2.79. The molecule has 20 heavy (non-hydrogen) atoms. The number of hydrogen-bond acceptors (Lipinski definition) is 5. The highest BCUT2D eigenvalue weighted by Crippen LogP contribution is 2.29. The number of imidazole rings is 1. The van der Waals surface area contributed by atoms with E-state index in [9.17, 15) is 8.42 Å². The zero-order valence-corrected chi connectivity index (χ0v) is 12.7. The fraction of sp³-hybridized carbons (Fsp3) is 0.0909. The van der Waals surface area contributed by atoms with Gasteiger partial charge in [0.2, 0.25) is 0 Å². The molecule has 0 saturated heterocycles. The van der Waals surface area contributed by atoms with Gasteiger partial charge in [-0.05, 0) is 12.1 Å². The molecule has 3 rings (SSSR count). The molecule has 0 spiro atoms. The van der Waals surface area contributed by atoms with Crippen molar-refractivity contribution >= 4 is 43.6 Å². The third kappa shape index (κ3) is 1.96. The van der Waals surface area contributed by atoms with Crippen LogP contribution < -0.4 is 4.31 Å². The average molecular weight is 329 g/mol. The molecule has 0 N–H and O–H groups in total. The molecule has 0 atom stereocenters. The number of pyridine rings is 1. The fourth-order valence-electron chi connectivity index (χ4n) is 1.78. The van der Waals surface area contributed by atoms with Crippen molar-refractivity contribution in [3.05, 3.63) is 41.3 Å². The van der Waals surface area contributed by atoms with Gasteiger partial charge in [0.25, 0.3) is 10.0 Å². The molecule has 0 amide bonds. The van der Waals surface area contributed by atoms with Crippen LogP contribution >= 0.6 is 22.9 Å². The highest BCUT2D eigenvalue weighted by molar-refractivity contribution is 7.92. The van der Waals surface area contributed by atoms with Gasteiger partial charge in [0.05, 0.1) is 11.9 Å². The Morgan fingerprint density at radius 2 is 2.25 bits per heavy atom. The highest BCUT2D eigenvalue weighted by atomic mass is 35.5. The smallest absolute Gasteiger partial charge is 0.278 e. The van der Waals surface area contributed by atoms with Gasteiger partial charge in [-0.25, -0.2) is 4.98 Å². The molecule has 0 aliphatic carbocycles. The van der Waals surface area contributed by atoms with E-state index < -0.39 is 10.0 Å². The lowest BCUT2D eigenvalue weighted by Gasteiger charge is -2.18. The number of anilines is 1. The monoisotopic (exact) mass is 328 g/mol. The van der Waals surface area contributed by atoms with Crippen LogP contribution in [-0.2, 0) is 10.0 Å². The van der Waals surface area contributed by atoms with Gasteiger partial charge in [-0.15, -0.1) is 11.3 Å². The Morgan fingerprint density at radius 3 is 2.95 bits per heavy atom. The summed E-state index contributed by atoms with van der Waals surface area (Å²) in [4.78, 5) is 8.49. The minimum atomic E-state index is -3.81. The standard InChI is InChI=1S/C11H9ClN4O2S2/c1-15(8-3-2-4-13-7-8)20(17,18)10-9(12)14-11-16(10)5-6-19-11/h2-7H,1H3. The van der Waals surface area contributed by atoms with Crippen molar-refractivity contribution < 1.29 is 8.42 Å². The second kappa shape index (κ2) is 4.72. The summed E-state index contributed by atoms with van der Waals surface area (Å²) >= 11 is 7.30. The molecule has 3 aromatic rings. The van der Waals surface area contributed by atoms with Crippen molar-refractivity contribution in [1.29, 1.82) is 0 Å². The molecular formula is C11H9ClN4O2S2. The Hall–Kier alpha value is -1.64. The van der Waals surface area contributed by atoms with Crippen LogP contribution in [-0.4, -0.2) is 29.8 Å². The first-order valence-electron chi connectivity index (χ1n) is 5.52. The molecule has 0 fully saturated rings. The third-order valence-corrected chi connectivity index (χ3v) is 5.74. The van der Waals surface area contributed by atoms with Crippen molar-refractivity contribution in [3.8, 4) is 0 Å². The molecule has 0 saturated carbocycles. The topological polar surface area (TPSA) is 67.6 Å². The molecule has 3 aromatic heterocycles. The number of hydrogen-bond donors (Lipinski definition) is 0. The molecule has 0 aliphatic rings. The fourth-order valence-corrected chi connectivity index (χ4v) is 4.36. The van der Waals surface area contributed by atoms with Crippen LogP contribution in [0.3, 0.4) is 0 Å². The summed E-state index contributed by atoms with van der Waals surface area (Å²) in [6, 6.07) is 3.32. The molecule has 0 unspecified atom stereocenters. The maximum absolute atomic E-state index is 12.7. The molecule has 6 nitrogen and oxygen atoms in total. The van der Waals surface area contributed by atoms with E-state index in [1.165, 1.54) is 29.0 Å². The first-order valence-corrected chi connectivity index (χ1v) is 8.21. The lowest BCUT2D eigenvalue weighted by molar-refractivity contribution is 0.589. The summed E-state index contributed by atoms with van der Waals surface area (Å²) in [5.74, 6) is 0. The van der Waals surface area contributed by atoms with Gasteiger partial charge < -0.3 is 0 Å². The molecule has 9 heteroatoms. The Balaban J connectivity index is 2.17. The summed E-state index contributed by atoms with van der Waals surface area (Å²) in [6.45, 7) is 0. The first-order chi connectivity index (χ1) is 9.51. The molecule has 3 heterocycles. The molecule has 0 aliphatic heterocycles. The van der Waals surface area contributed by atoms with Crippen molar-refractivity contribution in [3.63, 3.8) is 0 Å². The Morgan fingerprint density at radius 1 is 1.45 bits per heavy atom. The summed E-state index contributed by atoms with van der Waals surface area (Å²) in [6.07, 6.45) is 4.67. The first kappa shape index (κ1) is 13.3. The Kier molecular flexibility index (Phi) is 3.15. The Bertz CT molecular complexity index is 857. The van der Waals surface area contributed by atoms with Crippen LogP contribution in [0.15, 0.2) is 41.1 Å². The molecule has 0 bridgehead atoms. The van der Waals surface area contributed by atoms with Crippen molar-refractivity contribution in [2.75, 3.05) is 11.4 Å². The second-order valence-corrected chi connectivity index (χ2v) is 7.06. The van der Waals surface area contributed by atoms with Gasteiger partial charge in [-0.2, -0.15) is 8.42 Å². The number of thiazole rings is 1. The number of rotatable bonds is 3. The van der Waals surface area contributed by atoms with Crippen molar-refractivity contribution in [1.82, 2.24) is 14.4 Å². The van der Waals surface area contributed by atoms with Crippen LogP contribution in [0.4, 0.5) is 5.69 Å². The Labute approximate surface area is 124 Å². The molecule has 104 valence electrons. The number of fused-ring (bicyclic) bond motifs is 1. The normalized spacial score (nSPS) is 11.9. The zero-order valence-electron chi connectivity index (χ0n) is 10.3. The van der Waals surface area contributed by atoms with E-state index in [1.807, 2.05) is 0 Å². The summed E-state index contributed by atoms with van der Waals surface area (Å²) in [5.41, 5.74) is 0.453. The van der Waals surface area contributed by atoms with Crippen molar-refractivity contribution in [2.24, 2.45) is 0 Å². The number of sulfonamides is 1. The van der Waals surface area contributed by atoms with E-state index in [-0.39, 0.29) is 10.2 Å². The quantitative estimate of drug-likeness (QED) is 0.739. The van der Waals surface area contributed by atoms with Crippen LogP contribution in [0.2, 0.25) is 5.15 Å². The second-order valence-electron chi connectivity index (χ2n) is 3.95. The van der Waals surface area contributed by atoms with Crippen LogP contribution in [0.5, 0.6) is 0 Å². The van der Waals surface area contributed by atoms with E-state index >= 15 is 0 Å². The molecule has 0 aromatic carbocycles. The predicted octanol–water partition coefficient (Wildman–Crippen LogP) is 2.27. The zero-order chi connectivity index (χ0) is 14.3. The number of nitrogens with zero attached hydrogens (tertiary/aromatic N) is 4. The maximum Gasteiger partial charge on any atom is 0.283 e. The maximum atomic E-state index is 12.7. The predicted molar refractivity (Wildman–Crippen MR) is 77.9 cm³/mol. The lowest BCUT2D eigenvalue weighted by atomic mass is 10.4. The largest absolute Gasteiger partial charge is 0.283 e. The molecule has 0 radical (unpaired) electrons. The highest BCUT2D eigenvalue weighted by Gasteiger charge is 2.29. The average Bonchev–Trinajstić information content (AvgIpc) is 2.98. The lowest BCUT2D eigenvalue weighted by Crippen LogP contribution is -2.27.